The quantitative estimate of drug-likeness (QED) is 0.740. The molecule has 3 rings (SSSR count). The Balaban J connectivity index is 1.40. The summed E-state index contributed by atoms with van der Waals surface area (Å²) in [5.41, 5.74) is 0.711. The summed E-state index contributed by atoms with van der Waals surface area (Å²) in [5.74, 6) is 2.00. The van der Waals surface area contributed by atoms with Crippen LogP contribution >= 0.6 is 0 Å². The van der Waals surface area contributed by atoms with Crippen molar-refractivity contribution in [1.82, 2.24) is 10.6 Å². The molecule has 98 valence electrons. The molecule has 3 fully saturated rings. The van der Waals surface area contributed by atoms with Gasteiger partial charge in [0.2, 0.25) is 0 Å². The average molecular weight is 236 g/mol. The molecule has 0 spiro atoms. The van der Waals surface area contributed by atoms with Gasteiger partial charge in [0.05, 0.1) is 0 Å². The molecular formula is C15H28N2. The van der Waals surface area contributed by atoms with Gasteiger partial charge < -0.3 is 10.6 Å². The van der Waals surface area contributed by atoms with E-state index in [1.165, 1.54) is 64.6 Å². The lowest BCUT2D eigenvalue weighted by Crippen LogP contribution is -2.39. The van der Waals surface area contributed by atoms with Crippen molar-refractivity contribution in [1.29, 1.82) is 0 Å². The minimum Gasteiger partial charge on any atom is -0.315 e. The van der Waals surface area contributed by atoms with Crippen molar-refractivity contribution in [3.63, 3.8) is 0 Å². The van der Waals surface area contributed by atoms with Crippen molar-refractivity contribution in [3.05, 3.63) is 0 Å². The van der Waals surface area contributed by atoms with Crippen LogP contribution in [0.2, 0.25) is 0 Å². The second-order valence-corrected chi connectivity index (χ2v) is 6.75. The van der Waals surface area contributed by atoms with Crippen molar-refractivity contribution in [2.45, 2.75) is 57.9 Å². The van der Waals surface area contributed by atoms with Gasteiger partial charge in [-0.25, -0.2) is 0 Å². The molecule has 0 aromatic heterocycles. The maximum Gasteiger partial charge on any atom is 0.0223 e. The molecule has 2 aliphatic carbocycles. The molecule has 3 unspecified atom stereocenters. The van der Waals surface area contributed by atoms with E-state index < -0.39 is 0 Å². The molecule has 2 saturated carbocycles. The third-order valence-electron chi connectivity index (χ3n) is 5.48. The lowest BCUT2D eigenvalue weighted by molar-refractivity contribution is 0.362. The summed E-state index contributed by atoms with van der Waals surface area (Å²) < 4.78 is 0. The molecule has 1 saturated heterocycles. The third kappa shape index (κ3) is 2.53. The zero-order chi connectivity index (χ0) is 11.7. The minimum absolute atomic E-state index is 0.711. The van der Waals surface area contributed by atoms with Crippen molar-refractivity contribution < 1.29 is 0 Å². The Morgan fingerprint density at radius 2 is 2.18 bits per heavy atom. The Kier molecular flexibility index (Phi) is 3.45. The molecule has 1 heterocycles. The van der Waals surface area contributed by atoms with Gasteiger partial charge in [-0.05, 0) is 55.9 Å². The molecule has 0 aromatic rings. The van der Waals surface area contributed by atoms with Crippen molar-refractivity contribution >= 4 is 0 Å². The van der Waals surface area contributed by atoms with Crippen LogP contribution in [-0.4, -0.2) is 25.7 Å². The van der Waals surface area contributed by atoms with Gasteiger partial charge in [-0.3, -0.25) is 0 Å². The van der Waals surface area contributed by atoms with Crippen LogP contribution in [0, 0.1) is 17.3 Å². The van der Waals surface area contributed by atoms with Crippen LogP contribution in [0.1, 0.15) is 51.9 Å². The van der Waals surface area contributed by atoms with Gasteiger partial charge in [-0.1, -0.05) is 19.8 Å². The lowest BCUT2D eigenvalue weighted by atomic mass is 9.94. The summed E-state index contributed by atoms with van der Waals surface area (Å²) >= 11 is 0. The van der Waals surface area contributed by atoms with Crippen LogP contribution in [-0.2, 0) is 0 Å². The molecule has 1 aliphatic heterocycles. The zero-order valence-electron chi connectivity index (χ0n) is 11.3. The van der Waals surface area contributed by atoms with E-state index in [2.05, 4.69) is 17.6 Å². The third-order valence-corrected chi connectivity index (χ3v) is 5.48. The number of fused-ring (bicyclic) bond motifs is 1. The number of nitrogens with one attached hydrogen (secondary N) is 2. The molecule has 3 atom stereocenters. The topological polar surface area (TPSA) is 24.1 Å². The van der Waals surface area contributed by atoms with E-state index in [1.807, 2.05) is 0 Å². The fraction of sp³-hybridized carbons (Fsp3) is 1.00. The van der Waals surface area contributed by atoms with Crippen LogP contribution < -0.4 is 10.6 Å². The number of hydrogen-bond acceptors (Lipinski definition) is 2. The Hall–Kier alpha value is -0.0800. The van der Waals surface area contributed by atoms with E-state index in [0.717, 1.165) is 17.9 Å². The van der Waals surface area contributed by atoms with Crippen molar-refractivity contribution in [2.24, 2.45) is 17.3 Å². The zero-order valence-corrected chi connectivity index (χ0v) is 11.3. The lowest BCUT2D eigenvalue weighted by Gasteiger charge is -2.21. The first-order valence-corrected chi connectivity index (χ1v) is 7.77. The van der Waals surface area contributed by atoms with Crippen LogP contribution in [0.5, 0.6) is 0 Å². The summed E-state index contributed by atoms with van der Waals surface area (Å²) in [6.45, 7) is 6.10. The maximum atomic E-state index is 3.77. The smallest absolute Gasteiger partial charge is 0.0223 e. The van der Waals surface area contributed by atoms with E-state index >= 15 is 0 Å². The normalized spacial score (nSPS) is 38.3. The molecule has 0 aromatic carbocycles. The summed E-state index contributed by atoms with van der Waals surface area (Å²) in [7, 11) is 0. The van der Waals surface area contributed by atoms with E-state index in [9.17, 15) is 0 Å². The first-order valence-electron chi connectivity index (χ1n) is 7.77. The van der Waals surface area contributed by atoms with Crippen molar-refractivity contribution in [2.75, 3.05) is 19.6 Å². The predicted molar refractivity (Wildman–Crippen MR) is 72.1 cm³/mol. The monoisotopic (exact) mass is 236 g/mol. The first kappa shape index (κ1) is 12.0. The second-order valence-electron chi connectivity index (χ2n) is 6.75. The standard InChI is InChI=1S/C15H28N2/c1-2-6-15(7-8-15)11-16-10-14-13-5-3-4-12(13)9-17-14/h12-14,16-17H,2-11H2,1H3. The second kappa shape index (κ2) is 4.89. The van der Waals surface area contributed by atoms with Gasteiger partial charge in [0.15, 0.2) is 0 Å². The van der Waals surface area contributed by atoms with Crippen LogP contribution in [0.3, 0.4) is 0 Å². The SMILES string of the molecule is CCCC1(CNCC2NCC3CCCC32)CC1. The molecule has 17 heavy (non-hydrogen) atoms. The fourth-order valence-electron chi connectivity index (χ4n) is 4.24. The van der Waals surface area contributed by atoms with Crippen molar-refractivity contribution in [3.8, 4) is 0 Å². The largest absolute Gasteiger partial charge is 0.315 e. The van der Waals surface area contributed by atoms with Gasteiger partial charge in [0.25, 0.3) is 0 Å². The molecular weight excluding hydrogens is 208 g/mol. The number of hydrogen-bond donors (Lipinski definition) is 2. The summed E-state index contributed by atoms with van der Waals surface area (Å²) in [5, 5.41) is 7.50. The van der Waals surface area contributed by atoms with Gasteiger partial charge in [-0.15, -0.1) is 0 Å². The maximum absolute atomic E-state index is 3.77. The van der Waals surface area contributed by atoms with Gasteiger partial charge in [0, 0.05) is 19.1 Å². The van der Waals surface area contributed by atoms with Crippen LogP contribution in [0.15, 0.2) is 0 Å². The minimum atomic E-state index is 0.711. The summed E-state index contributed by atoms with van der Waals surface area (Å²) in [6.07, 6.45) is 10.2. The molecule has 0 amide bonds. The van der Waals surface area contributed by atoms with Crippen LogP contribution in [0.4, 0.5) is 0 Å². The van der Waals surface area contributed by atoms with E-state index in [0.29, 0.717) is 5.41 Å². The Labute approximate surface area is 106 Å². The van der Waals surface area contributed by atoms with E-state index in [4.69, 9.17) is 0 Å². The highest BCUT2D eigenvalue weighted by Crippen LogP contribution is 2.49. The first-order chi connectivity index (χ1) is 8.33. The van der Waals surface area contributed by atoms with Gasteiger partial charge in [0.1, 0.15) is 0 Å². The van der Waals surface area contributed by atoms with E-state index in [1.54, 1.807) is 0 Å². The highest BCUT2D eigenvalue weighted by Gasteiger charge is 2.42. The highest BCUT2D eigenvalue weighted by atomic mass is 15.0. The molecule has 0 bridgehead atoms. The predicted octanol–water partition coefficient (Wildman–Crippen LogP) is 2.54. The van der Waals surface area contributed by atoms with Crippen LogP contribution in [0.25, 0.3) is 0 Å². The van der Waals surface area contributed by atoms with E-state index in [-0.39, 0.29) is 0 Å². The highest BCUT2D eigenvalue weighted by molar-refractivity contribution is 4.97. The number of rotatable bonds is 6. The Morgan fingerprint density at radius 3 is 2.94 bits per heavy atom. The molecule has 0 radical (unpaired) electrons. The molecule has 2 heteroatoms. The Bertz CT molecular complexity index is 260. The fourth-order valence-corrected chi connectivity index (χ4v) is 4.24. The average Bonchev–Trinajstić information content (AvgIpc) is 2.75. The summed E-state index contributed by atoms with van der Waals surface area (Å²) in [6, 6.07) is 0.778. The molecule has 2 N–H and O–H groups in total. The molecule has 3 aliphatic rings. The Morgan fingerprint density at radius 1 is 1.29 bits per heavy atom. The van der Waals surface area contributed by atoms with Gasteiger partial charge >= 0.3 is 0 Å². The summed E-state index contributed by atoms with van der Waals surface area (Å²) in [4.78, 5) is 0. The molecule has 2 nitrogen and oxygen atoms in total. The van der Waals surface area contributed by atoms with Gasteiger partial charge in [-0.2, -0.15) is 0 Å².